The lowest BCUT2D eigenvalue weighted by Gasteiger charge is -1.57. The van der Waals surface area contributed by atoms with Gasteiger partial charge in [0.1, 0.15) is 6.11 Å². The molecule has 0 fully saturated rings. The summed E-state index contributed by atoms with van der Waals surface area (Å²) >= 11 is 0. The van der Waals surface area contributed by atoms with Crippen molar-refractivity contribution in [2.75, 3.05) is 0 Å². The van der Waals surface area contributed by atoms with Crippen molar-refractivity contribution in [3.8, 4) is 12.0 Å². The van der Waals surface area contributed by atoms with Gasteiger partial charge in [0, 0.05) is 6.42 Å². The number of hydrogen-bond donors (Lipinski definition) is 1. The minimum absolute atomic E-state index is 0.733. The van der Waals surface area contributed by atoms with Crippen LogP contribution in [0.4, 0.5) is 0 Å². The predicted molar refractivity (Wildman–Crippen MR) is 20.0 cm³/mol. The summed E-state index contributed by atoms with van der Waals surface area (Å²) in [5.41, 5.74) is 0. The van der Waals surface area contributed by atoms with Gasteiger partial charge in [0.25, 0.3) is 0 Å². The molecule has 0 radical (unpaired) electrons. The summed E-state index contributed by atoms with van der Waals surface area (Å²) in [6.07, 6.45) is 2.50. The highest BCUT2D eigenvalue weighted by Gasteiger charge is 1.50. The summed E-state index contributed by atoms with van der Waals surface area (Å²) in [6.45, 7) is 1.88. The van der Waals surface area contributed by atoms with Gasteiger partial charge in [-0.2, -0.15) is 0 Å². The molecule has 0 spiro atoms. The normalized spacial score (nSPS) is 5.00. The van der Waals surface area contributed by atoms with E-state index in [1.807, 2.05) is 6.92 Å². The maximum absolute atomic E-state index is 7.71. The van der Waals surface area contributed by atoms with Crippen molar-refractivity contribution in [3.05, 3.63) is 0 Å². The number of rotatable bonds is 0. The SMILES string of the molecule is CCC#CO. The second-order valence-electron chi connectivity index (χ2n) is 0.642. The highest BCUT2D eigenvalue weighted by atomic mass is 16.2. The smallest absolute Gasteiger partial charge is 0.107 e. The molecule has 5 heavy (non-hydrogen) atoms. The van der Waals surface area contributed by atoms with Crippen molar-refractivity contribution >= 4 is 0 Å². The van der Waals surface area contributed by atoms with Crippen LogP contribution in [0, 0.1) is 12.0 Å². The highest BCUT2D eigenvalue weighted by molar-refractivity contribution is 4.86. The molecule has 1 heteroatoms. The Hall–Kier alpha value is -0.640. The second kappa shape index (κ2) is 3.36. The Kier molecular flexibility index (Phi) is 2.93. The molecule has 0 aliphatic rings. The summed E-state index contributed by atoms with van der Waals surface area (Å²) in [6, 6.07) is 0. The summed E-state index contributed by atoms with van der Waals surface area (Å²) in [5.74, 6) is 2.42. The third-order valence-corrected chi connectivity index (χ3v) is 0.256. The Morgan fingerprint density at radius 2 is 2.40 bits per heavy atom. The van der Waals surface area contributed by atoms with E-state index in [4.69, 9.17) is 5.11 Å². The molecular formula is C4H6O. The molecule has 28 valence electrons. The van der Waals surface area contributed by atoms with Crippen LogP contribution in [0.5, 0.6) is 0 Å². The second-order valence-corrected chi connectivity index (χ2v) is 0.642. The maximum atomic E-state index is 7.71. The van der Waals surface area contributed by atoms with Crippen LogP contribution in [-0.2, 0) is 0 Å². The van der Waals surface area contributed by atoms with Crippen LogP contribution in [0.1, 0.15) is 13.3 Å². The molecule has 0 amide bonds. The van der Waals surface area contributed by atoms with Crippen LogP contribution in [0.3, 0.4) is 0 Å². The zero-order valence-electron chi connectivity index (χ0n) is 3.15. The third-order valence-electron chi connectivity index (χ3n) is 0.256. The van der Waals surface area contributed by atoms with Gasteiger partial charge in [0.2, 0.25) is 0 Å². The topological polar surface area (TPSA) is 20.2 Å². The average molecular weight is 70.1 g/mol. The minimum Gasteiger partial charge on any atom is -0.462 e. The van der Waals surface area contributed by atoms with Crippen molar-refractivity contribution in [2.45, 2.75) is 13.3 Å². The van der Waals surface area contributed by atoms with E-state index < -0.39 is 0 Å². The van der Waals surface area contributed by atoms with Crippen LogP contribution < -0.4 is 0 Å². The Morgan fingerprint density at radius 1 is 1.80 bits per heavy atom. The van der Waals surface area contributed by atoms with E-state index in [1.165, 1.54) is 0 Å². The minimum atomic E-state index is 0.733. The molecule has 0 saturated heterocycles. The van der Waals surface area contributed by atoms with E-state index in [0.717, 1.165) is 6.42 Å². The number of aliphatic hydroxyl groups excluding tert-OH is 1. The maximum Gasteiger partial charge on any atom is 0.107 e. The largest absolute Gasteiger partial charge is 0.462 e. The van der Waals surface area contributed by atoms with E-state index in [1.54, 1.807) is 6.11 Å². The van der Waals surface area contributed by atoms with E-state index in [9.17, 15) is 0 Å². The predicted octanol–water partition coefficient (Wildman–Crippen LogP) is 0.730. The van der Waals surface area contributed by atoms with E-state index in [0.29, 0.717) is 0 Å². The Bertz CT molecular complexity index is 55.8. The summed E-state index contributed by atoms with van der Waals surface area (Å²) < 4.78 is 0. The third kappa shape index (κ3) is 3.36. The van der Waals surface area contributed by atoms with Crippen molar-refractivity contribution in [2.24, 2.45) is 0 Å². The molecule has 0 aliphatic heterocycles. The molecule has 1 N–H and O–H groups in total. The first kappa shape index (κ1) is 4.36. The molecule has 0 aliphatic carbocycles. The fraction of sp³-hybridized carbons (Fsp3) is 0.500. The van der Waals surface area contributed by atoms with Gasteiger partial charge < -0.3 is 5.11 Å². The van der Waals surface area contributed by atoms with Crippen LogP contribution >= 0.6 is 0 Å². The quantitative estimate of drug-likeness (QED) is 0.416. The Balaban J connectivity index is 2.81. The molecule has 0 atom stereocenters. The van der Waals surface area contributed by atoms with Gasteiger partial charge in [-0.15, -0.1) is 0 Å². The summed E-state index contributed by atoms with van der Waals surface area (Å²) in [7, 11) is 0. The highest BCUT2D eigenvalue weighted by Crippen LogP contribution is 1.61. The lowest BCUT2D eigenvalue weighted by Crippen LogP contribution is -1.49. The molecule has 0 rings (SSSR count). The fourth-order valence-electron chi connectivity index (χ4n) is 0.0791. The summed E-state index contributed by atoms with van der Waals surface area (Å²) in [4.78, 5) is 0. The van der Waals surface area contributed by atoms with E-state index in [-0.39, 0.29) is 0 Å². The van der Waals surface area contributed by atoms with Crippen molar-refractivity contribution in [3.63, 3.8) is 0 Å². The van der Waals surface area contributed by atoms with E-state index in [2.05, 4.69) is 5.92 Å². The first-order valence-corrected chi connectivity index (χ1v) is 1.53. The zero-order chi connectivity index (χ0) is 4.12. The molecule has 0 heterocycles. The van der Waals surface area contributed by atoms with E-state index >= 15 is 0 Å². The molecule has 1 nitrogen and oxygen atoms in total. The molecule has 0 unspecified atom stereocenters. The van der Waals surface area contributed by atoms with Crippen molar-refractivity contribution in [1.82, 2.24) is 0 Å². The average Bonchev–Trinajstić information content (AvgIpc) is 1.41. The van der Waals surface area contributed by atoms with Crippen LogP contribution in [0.15, 0.2) is 0 Å². The zero-order valence-corrected chi connectivity index (χ0v) is 3.15. The standard InChI is InChI=1S/C4H6O/c1-2-3-4-5/h5H,2H2,1H3. The van der Waals surface area contributed by atoms with Crippen molar-refractivity contribution < 1.29 is 5.11 Å². The van der Waals surface area contributed by atoms with Gasteiger partial charge in [-0.1, -0.05) is 12.8 Å². The van der Waals surface area contributed by atoms with Crippen LogP contribution in [-0.4, -0.2) is 5.11 Å². The van der Waals surface area contributed by atoms with Gasteiger partial charge >= 0.3 is 0 Å². The molecule has 0 aromatic carbocycles. The molecule has 0 bridgehead atoms. The summed E-state index contributed by atoms with van der Waals surface area (Å²) in [5, 5.41) is 7.71. The molecular weight excluding hydrogens is 64.0 g/mol. The molecule has 0 aromatic heterocycles. The molecule has 0 saturated carbocycles. The molecule has 0 aromatic rings. The van der Waals surface area contributed by atoms with Crippen LogP contribution in [0.2, 0.25) is 0 Å². The Morgan fingerprint density at radius 3 is 2.40 bits per heavy atom. The van der Waals surface area contributed by atoms with Crippen molar-refractivity contribution in [1.29, 1.82) is 0 Å². The Labute approximate surface area is 31.6 Å². The lowest BCUT2D eigenvalue weighted by molar-refractivity contribution is 0.516. The van der Waals surface area contributed by atoms with Gasteiger partial charge in [-0.05, 0) is 0 Å². The van der Waals surface area contributed by atoms with Gasteiger partial charge in [-0.3, -0.25) is 0 Å². The van der Waals surface area contributed by atoms with Crippen LogP contribution in [0.25, 0.3) is 0 Å². The lowest BCUT2D eigenvalue weighted by atomic mass is 10.5. The number of aliphatic hydroxyl groups is 1. The number of hydrogen-bond acceptors (Lipinski definition) is 1. The van der Waals surface area contributed by atoms with Gasteiger partial charge in [-0.25, -0.2) is 0 Å². The first-order chi connectivity index (χ1) is 2.41. The van der Waals surface area contributed by atoms with Gasteiger partial charge in [0.05, 0.1) is 0 Å². The first-order valence-electron chi connectivity index (χ1n) is 1.53. The monoisotopic (exact) mass is 70.0 g/mol. The van der Waals surface area contributed by atoms with Gasteiger partial charge in [0.15, 0.2) is 0 Å². The fourth-order valence-corrected chi connectivity index (χ4v) is 0.0791.